The fourth-order valence-corrected chi connectivity index (χ4v) is 1.29. The summed E-state index contributed by atoms with van der Waals surface area (Å²) in [6, 6.07) is 3.08. The molecular formula is C9H12N2O3. The molecule has 0 aliphatic carbocycles. The standard InChI is InChI=1S/C9H12N2O3/c1-6-3-7(5-10)8(11(12)13)4-9(6)14-2/h3-4H,5,10H2,1-2H3. The molecule has 0 saturated heterocycles. The molecule has 0 fully saturated rings. The van der Waals surface area contributed by atoms with Gasteiger partial charge in [-0.3, -0.25) is 10.1 Å². The Kier molecular flexibility index (Phi) is 3.03. The quantitative estimate of drug-likeness (QED) is 0.585. The molecule has 1 rings (SSSR count). The molecule has 76 valence electrons. The first-order valence-corrected chi connectivity index (χ1v) is 4.12. The van der Waals surface area contributed by atoms with Crippen LogP contribution in [0.25, 0.3) is 0 Å². The number of nitrogens with zero attached hydrogens (tertiary/aromatic N) is 1. The average molecular weight is 196 g/mol. The molecule has 2 N–H and O–H groups in total. The van der Waals surface area contributed by atoms with Crippen LogP contribution in [0.5, 0.6) is 5.75 Å². The first kappa shape index (κ1) is 10.5. The maximum atomic E-state index is 10.7. The summed E-state index contributed by atoms with van der Waals surface area (Å²) < 4.78 is 4.99. The molecule has 0 aromatic heterocycles. The van der Waals surface area contributed by atoms with Crippen molar-refractivity contribution in [2.24, 2.45) is 5.73 Å². The van der Waals surface area contributed by atoms with Crippen LogP contribution >= 0.6 is 0 Å². The normalized spacial score (nSPS) is 9.93. The van der Waals surface area contributed by atoms with Gasteiger partial charge in [0.05, 0.1) is 18.1 Å². The molecule has 0 aliphatic rings. The number of aryl methyl sites for hydroxylation is 1. The van der Waals surface area contributed by atoms with Gasteiger partial charge in [0.25, 0.3) is 5.69 Å². The van der Waals surface area contributed by atoms with E-state index in [1.54, 1.807) is 6.07 Å². The third-order valence-corrected chi connectivity index (χ3v) is 2.01. The topological polar surface area (TPSA) is 78.4 Å². The van der Waals surface area contributed by atoms with Gasteiger partial charge in [-0.05, 0) is 18.6 Å². The number of nitro groups is 1. The Morgan fingerprint density at radius 1 is 1.57 bits per heavy atom. The van der Waals surface area contributed by atoms with E-state index in [4.69, 9.17) is 10.5 Å². The Morgan fingerprint density at radius 3 is 2.64 bits per heavy atom. The maximum absolute atomic E-state index is 10.7. The van der Waals surface area contributed by atoms with Crippen molar-refractivity contribution in [3.8, 4) is 5.75 Å². The van der Waals surface area contributed by atoms with Crippen molar-refractivity contribution in [3.05, 3.63) is 33.4 Å². The number of rotatable bonds is 3. The number of benzene rings is 1. The largest absolute Gasteiger partial charge is 0.496 e. The highest BCUT2D eigenvalue weighted by Crippen LogP contribution is 2.27. The van der Waals surface area contributed by atoms with Crippen molar-refractivity contribution in [1.29, 1.82) is 0 Å². The molecule has 5 heteroatoms. The van der Waals surface area contributed by atoms with Crippen LogP contribution in [0.3, 0.4) is 0 Å². The monoisotopic (exact) mass is 196 g/mol. The van der Waals surface area contributed by atoms with Crippen LogP contribution in [0, 0.1) is 17.0 Å². The molecule has 0 spiro atoms. The summed E-state index contributed by atoms with van der Waals surface area (Å²) >= 11 is 0. The van der Waals surface area contributed by atoms with E-state index in [0.29, 0.717) is 11.3 Å². The van der Waals surface area contributed by atoms with Crippen molar-refractivity contribution in [2.45, 2.75) is 13.5 Å². The summed E-state index contributed by atoms with van der Waals surface area (Å²) in [4.78, 5) is 10.2. The van der Waals surface area contributed by atoms with Gasteiger partial charge in [-0.2, -0.15) is 0 Å². The SMILES string of the molecule is COc1cc([N+](=O)[O-])c(CN)cc1C. The van der Waals surface area contributed by atoms with Crippen LogP contribution in [0.1, 0.15) is 11.1 Å². The van der Waals surface area contributed by atoms with E-state index in [9.17, 15) is 10.1 Å². The van der Waals surface area contributed by atoms with Crippen LogP contribution in [0.15, 0.2) is 12.1 Å². The van der Waals surface area contributed by atoms with E-state index in [1.807, 2.05) is 6.92 Å². The Labute approximate surface area is 81.6 Å². The Morgan fingerprint density at radius 2 is 2.21 bits per heavy atom. The zero-order valence-electron chi connectivity index (χ0n) is 8.11. The van der Waals surface area contributed by atoms with E-state index < -0.39 is 4.92 Å². The van der Waals surface area contributed by atoms with E-state index in [2.05, 4.69) is 0 Å². The molecule has 1 aromatic rings. The second-order valence-corrected chi connectivity index (χ2v) is 2.91. The number of hydrogen-bond donors (Lipinski definition) is 1. The van der Waals surface area contributed by atoms with Gasteiger partial charge in [-0.25, -0.2) is 0 Å². The van der Waals surface area contributed by atoms with Gasteiger partial charge in [0, 0.05) is 12.1 Å². The zero-order valence-corrected chi connectivity index (χ0v) is 8.11. The van der Waals surface area contributed by atoms with E-state index in [1.165, 1.54) is 13.2 Å². The lowest BCUT2D eigenvalue weighted by Crippen LogP contribution is -2.03. The Hall–Kier alpha value is -1.62. The molecule has 0 saturated carbocycles. The minimum atomic E-state index is -0.454. The van der Waals surface area contributed by atoms with Crippen molar-refractivity contribution in [2.75, 3.05) is 7.11 Å². The van der Waals surface area contributed by atoms with Crippen LogP contribution in [-0.2, 0) is 6.54 Å². The second-order valence-electron chi connectivity index (χ2n) is 2.91. The molecule has 5 nitrogen and oxygen atoms in total. The van der Waals surface area contributed by atoms with Crippen molar-refractivity contribution in [1.82, 2.24) is 0 Å². The van der Waals surface area contributed by atoms with Gasteiger partial charge in [-0.1, -0.05) is 0 Å². The van der Waals surface area contributed by atoms with Gasteiger partial charge in [0.2, 0.25) is 0 Å². The lowest BCUT2D eigenvalue weighted by atomic mass is 10.1. The van der Waals surface area contributed by atoms with E-state index >= 15 is 0 Å². The molecule has 0 atom stereocenters. The van der Waals surface area contributed by atoms with Crippen molar-refractivity contribution in [3.63, 3.8) is 0 Å². The van der Waals surface area contributed by atoms with Gasteiger partial charge in [-0.15, -0.1) is 0 Å². The smallest absolute Gasteiger partial charge is 0.277 e. The molecular weight excluding hydrogens is 184 g/mol. The number of hydrogen-bond acceptors (Lipinski definition) is 4. The molecule has 0 aliphatic heterocycles. The van der Waals surface area contributed by atoms with Crippen molar-refractivity contribution >= 4 is 5.69 Å². The zero-order chi connectivity index (χ0) is 10.7. The van der Waals surface area contributed by atoms with Gasteiger partial charge >= 0.3 is 0 Å². The van der Waals surface area contributed by atoms with Gasteiger partial charge < -0.3 is 10.5 Å². The maximum Gasteiger partial charge on any atom is 0.277 e. The molecule has 0 amide bonds. The summed E-state index contributed by atoms with van der Waals surface area (Å²) in [7, 11) is 1.48. The molecule has 0 unspecified atom stereocenters. The summed E-state index contributed by atoms with van der Waals surface area (Å²) in [6.45, 7) is 1.98. The molecule has 14 heavy (non-hydrogen) atoms. The van der Waals surface area contributed by atoms with Crippen LogP contribution in [0.2, 0.25) is 0 Å². The predicted octanol–water partition coefficient (Wildman–Crippen LogP) is 1.37. The van der Waals surface area contributed by atoms with E-state index in [0.717, 1.165) is 5.56 Å². The van der Waals surface area contributed by atoms with Crippen molar-refractivity contribution < 1.29 is 9.66 Å². The number of nitrogens with two attached hydrogens (primary N) is 1. The third kappa shape index (κ3) is 1.82. The Bertz CT molecular complexity index is 363. The average Bonchev–Trinajstić information content (AvgIpc) is 2.16. The Balaban J connectivity index is 3.32. The highest BCUT2D eigenvalue weighted by molar-refractivity contribution is 5.50. The number of ether oxygens (including phenoxy) is 1. The summed E-state index contributed by atoms with van der Waals surface area (Å²) in [5.41, 5.74) is 6.78. The minimum Gasteiger partial charge on any atom is -0.496 e. The van der Waals surface area contributed by atoms with Crippen LogP contribution in [-0.4, -0.2) is 12.0 Å². The molecule has 0 bridgehead atoms. The minimum absolute atomic E-state index is 0.00921. The lowest BCUT2D eigenvalue weighted by Gasteiger charge is -2.06. The molecule has 0 radical (unpaired) electrons. The van der Waals surface area contributed by atoms with E-state index in [-0.39, 0.29) is 12.2 Å². The summed E-state index contributed by atoms with van der Waals surface area (Å²) in [6.07, 6.45) is 0. The second kappa shape index (κ2) is 4.06. The highest BCUT2D eigenvalue weighted by Gasteiger charge is 2.15. The number of nitro benzene ring substituents is 1. The summed E-state index contributed by atoms with van der Waals surface area (Å²) in [5.74, 6) is 0.508. The lowest BCUT2D eigenvalue weighted by molar-refractivity contribution is -0.385. The molecule has 1 aromatic carbocycles. The molecule has 0 heterocycles. The predicted molar refractivity (Wildman–Crippen MR) is 52.3 cm³/mol. The highest BCUT2D eigenvalue weighted by atomic mass is 16.6. The fourth-order valence-electron chi connectivity index (χ4n) is 1.29. The fraction of sp³-hybridized carbons (Fsp3) is 0.333. The first-order valence-electron chi connectivity index (χ1n) is 4.12. The van der Waals surface area contributed by atoms with Gasteiger partial charge in [0.15, 0.2) is 0 Å². The third-order valence-electron chi connectivity index (χ3n) is 2.01. The van der Waals surface area contributed by atoms with Crippen LogP contribution < -0.4 is 10.5 Å². The van der Waals surface area contributed by atoms with Crippen LogP contribution in [0.4, 0.5) is 5.69 Å². The number of methoxy groups -OCH3 is 1. The van der Waals surface area contributed by atoms with Gasteiger partial charge in [0.1, 0.15) is 5.75 Å². The first-order chi connectivity index (χ1) is 6.60. The summed E-state index contributed by atoms with van der Waals surface area (Å²) in [5, 5.41) is 10.7.